The van der Waals surface area contributed by atoms with E-state index in [9.17, 15) is 0 Å². The highest BCUT2D eigenvalue weighted by Gasteiger charge is 2.40. The molecule has 0 bridgehead atoms. The van der Waals surface area contributed by atoms with E-state index in [0.717, 1.165) is 12.5 Å². The highest BCUT2D eigenvalue weighted by atomic mass is 32.1. The van der Waals surface area contributed by atoms with Crippen LogP contribution in [-0.2, 0) is 18.0 Å². The van der Waals surface area contributed by atoms with Crippen molar-refractivity contribution in [3.8, 4) is 0 Å². The minimum Gasteiger partial charge on any atom is -0.485 e. The van der Waals surface area contributed by atoms with Crippen molar-refractivity contribution in [1.82, 2.24) is 0 Å². The van der Waals surface area contributed by atoms with Crippen LogP contribution in [0.2, 0.25) is 6.04 Å². The van der Waals surface area contributed by atoms with Crippen LogP contribution < -0.4 is 0 Å². The van der Waals surface area contributed by atoms with E-state index in [1.165, 1.54) is 0 Å². The van der Waals surface area contributed by atoms with E-state index in [0.29, 0.717) is 24.9 Å². The quantitative estimate of drug-likeness (QED) is 0.457. The monoisotopic (exact) mass is 294 g/mol. The minimum atomic E-state index is -2.53. The molecule has 4 nitrogen and oxygen atoms in total. The Morgan fingerprint density at radius 3 is 1.83 bits per heavy atom. The predicted octanol–water partition coefficient (Wildman–Crippen LogP) is 3.18. The largest absolute Gasteiger partial charge is 0.501 e. The fourth-order valence-corrected chi connectivity index (χ4v) is 4.65. The molecule has 0 fully saturated rings. The second-order valence-electron chi connectivity index (χ2n) is 3.94. The van der Waals surface area contributed by atoms with Gasteiger partial charge in [0.05, 0.1) is 6.10 Å². The van der Waals surface area contributed by atoms with Crippen LogP contribution in [0.15, 0.2) is 0 Å². The first-order valence-electron chi connectivity index (χ1n) is 6.58. The summed E-state index contributed by atoms with van der Waals surface area (Å²) in [5.41, 5.74) is 0. The normalized spacial score (nSPS) is 13.4. The summed E-state index contributed by atoms with van der Waals surface area (Å²) in [5.74, 6) is 0. The minimum absolute atomic E-state index is 0.0655. The third-order valence-electron chi connectivity index (χ3n) is 2.32. The molecule has 108 valence electrons. The molecule has 0 rings (SSSR count). The molecule has 0 saturated carbocycles. The molecule has 0 N–H and O–H groups in total. The highest BCUT2D eigenvalue weighted by Crippen LogP contribution is 2.20. The van der Waals surface area contributed by atoms with Crippen LogP contribution in [0.1, 0.15) is 41.0 Å². The summed E-state index contributed by atoms with van der Waals surface area (Å²) in [6.07, 6.45) is 0.885. The van der Waals surface area contributed by atoms with Crippen LogP contribution in [0, 0.1) is 0 Å². The standard InChI is InChI=1S/C12H26O4SSi/c1-6-13-18(14-7-2,15-8-3)10-9-11(4)16-12(5)17/h11H,6-10H2,1-5H3. The topological polar surface area (TPSA) is 36.9 Å². The van der Waals surface area contributed by atoms with Gasteiger partial charge >= 0.3 is 8.80 Å². The summed E-state index contributed by atoms with van der Waals surface area (Å²) in [5, 5.41) is 0.569. The summed E-state index contributed by atoms with van der Waals surface area (Å²) in [6.45, 7) is 11.5. The summed E-state index contributed by atoms with van der Waals surface area (Å²) in [4.78, 5) is 0. The number of ether oxygens (including phenoxy) is 1. The van der Waals surface area contributed by atoms with Crippen LogP contribution in [0.4, 0.5) is 0 Å². The Labute approximate surface area is 117 Å². The summed E-state index contributed by atoms with van der Waals surface area (Å²) in [6, 6.07) is 0.756. The third-order valence-corrected chi connectivity index (χ3v) is 5.50. The Kier molecular flexibility index (Phi) is 9.85. The molecule has 0 amide bonds. The van der Waals surface area contributed by atoms with Crippen molar-refractivity contribution in [3.05, 3.63) is 0 Å². The van der Waals surface area contributed by atoms with Crippen LogP contribution in [0.25, 0.3) is 0 Å². The lowest BCUT2D eigenvalue weighted by atomic mass is 10.3. The molecule has 0 heterocycles. The van der Waals surface area contributed by atoms with Crippen molar-refractivity contribution >= 4 is 26.1 Å². The number of hydrogen-bond donors (Lipinski definition) is 0. The van der Waals surface area contributed by atoms with Gasteiger partial charge in [-0.2, -0.15) is 0 Å². The van der Waals surface area contributed by atoms with Gasteiger partial charge in [-0.05, 0) is 46.3 Å². The molecule has 6 heteroatoms. The van der Waals surface area contributed by atoms with Crippen LogP contribution in [-0.4, -0.2) is 39.8 Å². The maximum atomic E-state index is 5.77. The van der Waals surface area contributed by atoms with Gasteiger partial charge in [0.25, 0.3) is 0 Å². The van der Waals surface area contributed by atoms with E-state index in [4.69, 9.17) is 30.2 Å². The zero-order valence-electron chi connectivity index (χ0n) is 12.2. The molecule has 0 spiro atoms. The summed E-state index contributed by atoms with van der Waals surface area (Å²) in [7, 11) is -2.53. The van der Waals surface area contributed by atoms with E-state index < -0.39 is 8.80 Å². The molecule has 0 aliphatic carbocycles. The molecule has 0 radical (unpaired) electrons. The molecule has 18 heavy (non-hydrogen) atoms. The van der Waals surface area contributed by atoms with Gasteiger partial charge in [0.15, 0.2) is 5.05 Å². The van der Waals surface area contributed by atoms with Crippen molar-refractivity contribution in [2.45, 2.75) is 53.2 Å². The van der Waals surface area contributed by atoms with Gasteiger partial charge < -0.3 is 18.0 Å². The molecule has 0 saturated heterocycles. The molecular weight excluding hydrogens is 268 g/mol. The molecular formula is C12H26O4SSi. The number of hydrogen-bond acceptors (Lipinski definition) is 5. The molecule has 0 aromatic heterocycles. The van der Waals surface area contributed by atoms with Gasteiger partial charge in [-0.1, -0.05) is 0 Å². The lowest BCUT2D eigenvalue weighted by Gasteiger charge is -2.29. The van der Waals surface area contributed by atoms with Crippen molar-refractivity contribution in [3.63, 3.8) is 0 Å². The highest BCUT2D eigenvalue weighted by molar-refractivity contribution is 7.80. The van der Waals surface area contributed by atoms with E-state index >= 15 is 0 Å². The van der Waals surface area contributed by atoms with Crippen molar-refractivity contribution in [2.24, 2.45) is 0 Å². The van der Waals surface area contributed by atoms with Gasteiger partial charge in [-0.15, -0.1) is 0 Å². The number of rotatable bonds is 10. The third kappa shape index (κ3) is 7.43. The van der Waals surface area contributed by atoms with Crippen LogP contribution >= 0.6 is 12.2 Å². The maximum absolute atomic E-state index is 5.77. The fraction of sp³-hybridized carbons (Fsp3) is 0.917. The molecule has 1 atom stereocenters. The fourth-order valence-electron chi connectivity index (χ4n) is 1.72. The summed E-state index contributed by atoms with van der Waals surface area (Å²) < 4.78 is 22.8. The molecule has 0 aromatic rings. The van der Waals surface area contributed by atoms with E-state index in [2.05, 4.69) is 0 Å². The smallest absolute Gasteiger partial charge is 0.485 e. The van der Waals surface area contributed by atoms with Gasteiger partial charge in [0.1, 0.15) is 0 Å². The Balaban J connectivity index is 4.40. The van der Waals surface area contributed by atoms with Crippen molar-refractivity contribution in [1.29, 1.82) is 0 Å². The molecule has 0 aliphatic rings. The average molecular weight is 294 g/mol. The SMILES string of the molecule is CCO[Si](CCC(C)OC(C)=S)(OCC)OCC. The Morgan fingerprint density at radius 1 is 1.06 bits per heavy atom. The van der Waals surface area contributed by atoms with Gasteiger partial charge in [-0.3, -0.25) is 0 Å². The van der Waals surface area contributed by atoms with Crippen molar-refractivity contribution < 1.29 is 18.0 Å². The van der Waals surface area contributed by atoms with E-state index in [1.54, 1.807) is 6.92 Å². The van der Waals surface area contributed by atoms with Gasteiger partial charge in [-0.25, -0.2) is 0 Å². The second-order valence-corrected chi connectivity index (χ2v) is 7.25. The van der Waals surface area contributed by atoms with E-state index in [1.807, 2.05) is 27.7 Å². The Hall–Kier alpha value is -0.0131. The zero-order chi connectivity index (χ0) is 14.0. The second kappa shape index (κ2) is 9.86. The average Bonchev–Trinajstić information content (AvgIpc) is 2.27. The van der Waals surface area contributed by atoms with Crippen LogP contribution in [0.3, 0.4) is 0 Å². The molecule has 0 aliphatic heterocycles. The molecule has 1 unspecified atom stereocenters. The van der Waals surface area contributed by atoms with E-state index in [-0.39, 0.29) is 6.10 Å². The first-order valence-corrected chi connectivity index (χ1v) is 8.92. The van der Waals surface area contributed by atoms with Gasteiger partial charge in [0.2, 0.25) is 0 Å². The van der Waals surface area contributed by atoms with Crippen molar-refractivity contribution in [2.75, 3.05) is 19.8 Å². The van der Waals surface area contributed by atoms with Gasteiger partial charge in [0, 0.05) is 32.8 Å². The zero-order valence-corrected chi connectivity index (χ0v) is 14.0. The lowest BCUT2D eigenvalue weighted by Crippen LogP contribution is -2.46. The first kappa shape index (κ1) is 18.0. The number of thiocarbonyl (C=S) groups is 1. The first-order chi connectivity index (χ1) is 8.49. The Morgan fingerprint density at radius 2 is 1.50 bits per heavy atom. The predicted molar refractivity (Wildman–Crippen MR) is 78.9 cm³/mol. The summed E-state index contributed by atoms with van der Waals surface area (Å²) >= 11 is 4.93. The van der Waals surface area contributed by atoms with Crippen LogP contribution in [0.5, 0.6) is 0 Å². The molecule has 0 aromatic carbocycles. The lowest BCUT2D eigenvalue weighted by molar-refractivity contribution is 0.0670. The Bertz CT molecular complexity index is 221. The maximum Gasteiger partial charge on any atom is 0.501 e.